The Morgan fingerprint density at radius 3 is 3.00 bits per heavy atom. The Balaban J connectivity index is 2.43. The van der Waals surface area contributed by atoms with E-state index in [0.717, 1.165) is 17.6 Å². The summed E-state index contributed by atoms with van der Waals surface area (Å²) in [5.74, 6) is 0. The molecule has 1 aliphatic heterocycles. The lowest BCUT2D eigenvalue weighted by Crippen LogP contribution is -2.34. The molecular weight excluding hydrogens is 202 g/mol. The van der Waals surface area contributed by atoms with Crippen LogP contribution in [-0.2, 0) is 6.54 Å². The number of aromatic nitrogens is 2. The van der Waals surface area contributed by atoms with Gasteiger partial charge in [0, 0.05) is 12.6 Å². The number of para-hydroxylation sites is 1. The second-order valence-electron chi connectivity index (χ2n) is 4.52. The quantitative estimate of drug-likeness (QED) is 0.700. The van der Waals surface area contributed by atoms with Crippen LogP contribution in [0.25, 0.3) is 11.0 Å². The highest BCUT2D eigenvalue weighted by molar-refractivity contribution is 5.79. The van der Waals surface area contributed by atoms with Crippen LogP contribution in [0.15, 0.2) is 23.0 Å². The smallest absolute Gasteiger partial charge is 0.308 e. The third-order valence-corrected chi connectivity index (χ3v) is 3.57. The van der Waals surface area contributed by atoms with Crippen molar-refractivity contribution in [3.8, 4) is 0 Å². The molecule has 2 atom stereocenters. The summed E-state index contributed by atoms with van der Waals surface area (Å²) in [6, 6.07) is 6.48. The zero-order chi connectivity index (χ0) is 11.3. The molecule has 0 fully saturated rings. The van der Waals surface area contributed by atoms with Crippen LogP contribution in [0.3, 0.4) is 0 Å². The molecule has 0 bridgehead atoms. The van der Waals surface area contributed by atoms with Crippen LogP contribution in [0.4, 0.5) is 0 Å². The van der Waals surface area contributed by atoms with Gasteiger partial charge < -0.3 is 10.3 Å². The molecule has 2 N–H and O–H groups in total. The lowest BCUT2D eigenvalue weighted by atomic mass is 10.2. The van der Waals surface area contributed by atoms with E-state index in [4.69, 9.17) is 0 Å². The van der Waals surface area contributed by atoms with Crippen LogP contribution in [0.1, 0.15) is 25.5 Å². The molecule has 1 aliphatic rings. The Kier molecular flexibility index (Phi) is 1.94. The third kappa shape index (κ3) is 1.16. The predicted molar refractivity (Wildman–Crippen MR) is 63.6 cm³/mol. The van der Waals surface area contributed by atoms with Gasteiger partial charge in [0.2, 0.25) is 0 Å². The summed E-state index contributed by atoms with van der Waals surface area (Å²) in [6.45, 7) is 5.01. The van der Waals surface area contributed by atoms with E-state index in [-0.39, 0.29) is 11.7 Å². The molecule has 16 heavy (non-hydrogen) atoms. The topological polar surface area (TPSA) is 49.8 Å². The Hall–Kier alpha value is -1.55. The van der Waals surface area contributed by atoms with Crippen molar-refractivity contribution in [1.29, 1.82) is 0 Å². The summed E-state index contributed by atoms with van der Waals surface area (Å²) >= 11 is 0. The van der Waals surface area contributed by atoms with E-state index < -0.39 is 0 Å². The molecule has 2 aromatic rings. The minimum atomic E-state index is -0.00880. The summed E-state index contributed by atoms with van der Waals surface area (Å²) in [6.07, 6.45) is 0. The first-order chi connectivity index (χ1) is 7.68. The highest BCUT2D eigenvalue weighted by Gasteiger charge is 2.23. The highest BCUT2D eigenvalue weighted by Crippen LogP contribution is 2.24. The zero-order valence-electron chi connectivity index (χ0n) is 9.45. The second kappa shape index (κ2) is 3.22. The first-order valence-electron chi connectivity index (χ1n) is 5.64. The van der Waals surface area contributed by atoms with E-state index in [0.29, 0.717) is 6.04 Å². The van der Waals surface area contributed by atoms with Crippen molar-refractivity contribution < 1.29 is 0 Å². The van der Waals surface area contributed by atoms with Crippen LogP contribution in [0, 0.1) is 0 Å². The van der Waals surface area contributed by atoms with Crippen molar-refractivity contribution in [2.24, 2.45) is 0 Å². The number of rotatable bonds is 0. The van der Waals surface area contributed by atoms with Crippen LogP contribution in [0.5, 0.6) is 0 Å². The number of aromatic amines is 1. The second-order valence-corrected chi connectivity index (χ2v) is 4.52. The molecule has 1 aromatic heterocycles. The maximum absolute atomic E-state index is 11.9. The van der Waals surface area contributed by atoms with E-state index in [9.17, 15) is 4.79 Å². The molecule has 2 heterocycles. The lowest BCUT2D eigenvalue weighted by molar-refractivity contribution is 0.403. The summed E-state index contributed by atoms with van der Waals surface area (Å²) in [7, 11) is 0. The molecule has 0 saturated carbocycles. The van der Waals surface area contributed by atoms with E-state index in [1.54, 1.807) is 0 Å². The summed E-state index contributed by atoms with van der Waals surface area (Å²) < 4.78 is 1.87. The largest absolute Gasteiger partial charge is 0.326 e. The number of hydrogen-bond donors (Lipinski definition) is 2. The molecule has 0 aliphatic carbocycles. The van der Waals surface area contributed by atoms with Crippen LogP contribution in [0.2, 0.25) is 0 Å². The number of hydrogen-bond acceptors (Lipinski definition) is 2. The molecule has 0 spiro atoms. The number of imidazole rings is 1. The van der Waals surface area contributed by atoms with Gasteiger partial charge in [-0.1, -0.05) is 12.1 Å². The number of nitrogens with zero attached hydrogens (tertiary/aromatic N) is 1. The normalized spacial score (nSPS) is 24.6. The average molecular weight is 217 g/mol. The SMILES string of the molecule is CC1NCc2cccc3[nH]c(=O)n(c23)C1C. The van der Waals surface area contributed by atoms with E-state index in [2.05, 4.69) is 30.2 Å². The molecule has 0 amide bonds. The van der Waals surface area contributed by atoms with Crippen molar-refractivity contribution in [2.45, 2.75) is 32.5 Å². The summed E-state index contributed by atoms with van der Waals surface area (Å²) in [5, 5.41) is 3.44. The molecule has 0 radical (unpaired) electrons. The minimum absolute atomic E-state index is 0.00880. The lowest BCUT2D eigenvalue weighted by Gasteiger charge is -2.18. The Bertz CT molecular complexity index is 596. The van der Waals surface area contributed by atoms with Gasteiger partial charge in [-0.05, 0) is 25.5 Å². The molecule has 0 saturated heterocycles. The van der Waals surface area contributed by atoms with Crippen molar-refractivity contribution in [3.63, 3.8) is 0 Å². The Labute approximate surface area is 93.3 Å². The monoisotopic (exact) mass is 217 g/mol. The number of benzene rings is 1. The maximum Gasteiger partial charge on any atom is 0.326 e. The van der Waals surface area contributed by atoms with Gasteiger partial charge >= 0.3 is 5.69 Å². The highest BCUT2D eigenvalue weighted by atomic mass is 16.1. The summed E-state index contributed by atoms with van der Waals surface area (Å²) in [5.41, 5.74) is 3.17. The van der Waals surface area contributed by atoms with Gasteiger partial charge in [-0.3, -0.25) is 4.57 Å². The number of H-pyrrole nitrogens is 1. The van der Waals surface area contributed by atoms with Gasteiger partial charge in [0.15, 0.2) is 0 Å². The van der Waals surface area contributed by atoms with Gasteiger partial charge in [0.25, 0.3) is 0 Å². The maximum atomic E-state index is 11.9. The third-order valence-electron chi connectivity index (χ3n) is 3.57. The van der Waals surface area contributed by atoms with Crippen molar-refractivity contribution in [2.75, 3.05) is 0 Å². The predicted octanol–water partition coefficient (Wildman–Crippen LogP) is 1.38. The van der Waals surface area contributed by atoms with Gasteiger partial charge in [-0.25, -0.2) is 4.79 Å². The average Bonchev–Trinajstić information content (AvgIpc) is 2.54. The van der Waals surface area contributed by atoms with Gasteiger partial charge in [0.05, 0.1) is 17.1 Å². The van der Waals surface area contributed by atoms with Crippen LogP contribution < -0.4 is 11.0 Å². The molecule has 2 unspecified atom stereocenters. The molecule has 4 heteroatoms. The van der Waals surface area contributed by atoms with Crippen molar-refractivity contribution in [3.05, 3.63) is 34.2 Å². The fourth-order valence-electron chi connectivity index (χ4n) is 2.45. The fraction of sp³-hybridized carbons (Fsp3) is 0.417. The Morgan fingerprint density at radius 1 is 1.38 bits per heavy atom. The fourth-order valence-corrected chi connectivity index (χ4v) is 2.45. The van der Waals surface area contributed by atoms with Crippen molar-refractivity contribution in [1.82, 2.24) is 14.9 Å². The molecule has 1 aromatic carbocycles. The first kappa shape index (κ1) is 9.66. The molecule has 84 valence electrons. The molecule has 3 rings (SSSR count). The van der Waals surface area contributed by atoms with E-state index in [1.807, 2.05) is 16.7 Å². The van der Waals surface area contributed by atoms with E-state index in [1.165, 1.54) is 5.56 Å². The van der Waals surface area contributed by atoms with Crippen LogP contribution >= 0.6 is 0 Å². The number of nitrogens with one attached hydrogen (secondary N) is 2. The van der Waals surface area contributed by atoms with Crippen molar-refractivity contribution >= 4 is 11.0 Å². The van der Waals surface area contributed by atoms with Gasteiger partial charge in [-0.15, -0.1) is 0 Å². The molecular formula is C12H15N3O. The molecule has 4 nitrogen and oxygen atoms in total. The standard InChI is InChI=1S/C12H15N3O/c1-7-8(2)15-11-9(6-13-7)4-3-5-10(11)14-12(15)16/h3-5,7-8,13H,6H2,1-2H3,(H,14,16). The first-order valence-corrected chi connectivity index (χ1v) is 5.64. The summed E-state index contributed by atoms with van der Waals surface area (Å²) in [4.78, 5) is 14.9. The minimum Gasteiger partial charge on any atom is -0.308 e. The Morgan fingerprint density at radius 2 is 2.19 bits per heavy atom. The van der Waals surface area contributed by atoms with E-state index >= 15 is 0 Å². The van der Waals surface area contributed by atoms with Crippen LogP contribution in [-0.4, -0.2) is 15.6 Å². The zero-order valence-corrected chi connectivity index (χ0v) is 9.45. The van der Waals surface area contributed by atoms with Gasteiger partial charge in [0.1, 0.15) is 0 Å². The van der Waals surface area contributed by atoms with Gasteiger partial charge in [-0.2, -0.15) is 0 Å².